The maximum Gasteiger partial charge on any atom is 0.0406 e. The van der Waals surface area contributed by atoms with E-state index in [-0.39, 0.29) is 0 Å². The van der Waals surface area contributed by atoms with Gasteiger partial charge in [-0.25, -0.2) is 0 Å². The van der Waals surface area contributed by atoms with Crippen molar-refractivity contribution in [1.29, 1.82) is 0 Å². The van der Waals surface area contributed by atoms with E-state index in [1.807, 2.05) is 44.5 Å². The van der Waals surface area contributed by atoms with Crippen LogP contribution in [-0.4, -0.2) is 4.90 Å². The van der Waals surface area contributed by atoms with Gasteiger partial charge in [0.2, 0.25) is 0 Å². The van der Waals surface area contributed by atoms with Crippen molar-refractivity contribution in [2.45, 2.75) is 13.8 Å². The molecular formula is C10H13N. The van der Waals surface area contributed by atoms with E-state index in [1.54, 1.807) is 0 Å². The van der Waals surface area contributed by atoms with Crippen LogP contribution in [0.1, 0.15) is 13.8 Å². The molecule has 0 spiro atoms. The van der Waals surface area contributed by atoms with Gasteiger partial charge in [-0.2, -0.15) is 0 Å². The van der Waals surface area contributed by atoms with Crippen LogP contribution in [0.3, 0.4) is 0 Å². The van der Waals surface area contributed by atoms with Crippen LogP contribution in [0.25, 0.3) is 0 Å². The van der Waals surface area contributed by atoms with E-state index >= 15 is 0 Å². The maximum absolute atomic E-state index is 2.08. The van der Waals surface area contributed by atoms with Crippen LogP contribution in [0.2, 0.25) is 0 Å². The van der Waals surface area contributed by atoms with Crippen LogP contribution in [-0.2, 0) is 0 Å². The van der Waals surface area contributed by atoms with E-state index in [0.29, 0.717) is 0 Å². The Hall–Kier alpha value is -1.24. The average molecular weight is 147 g/mol. The normalized spacial score (nSPS) is 20.5. The lowest BCUT2D eigenvalue weighted by molar-refractivity contribution is 0.643. The quantitative estimate of drug-likeness (QED) is 0.551. The molecule has 1 heteroatoms. The van der Waals surface area contributed by atoms with E-state index in [4.69, 9.17) is 0 Å². The Kier molecular flexibility index (Phi) is 2.73. The molecule has 1 heterocycles. The van der Waals surface area contributed by atoms with Crippen LogP contribution in [0.4, 0.5) is 0 Å². The lowest BCUT2D eigenvalue weighted by Gasteiger charge is -2.18. The van der Waals surface area contributed by atoms with Crippen LogP contribution in [0.15, 0.2) is 48.5 Å². The molecule has 0 aromatic heterocycles. The number of hydrogen-bond donors (Lipinski definition) is 0. The first-order valence-corrected chi connectivity index (χ1v) is 3.81. The van der Waals surface area contributed by atoms with Gasteiger partial charge in [-0.15, -0.1) is 0 Å². The fraction of sp³-hybridized carbons (Fsp3) is 0.200. The molecule has 0 bridgehead atoms. The molecule has 1 aliphatic heterocycles. The largest absolute Gasteiger partial charge is 0.325 e. The SMILES string of the molecule is CC=CN1C=CC=CC1=CC. The summed E-state index contributed by atoms with van der Waals surface area (Å²) in [6.07, 6.45) is 14.3. The number of hydrogen-bond acceptors (Lipinski definition) is 1. The van der Waals surface area contributed by atoms with Gasteiger partial charge >= 0.3 is 0 Å². The second kappa shape index (κ2) is 3.81. The molecule has 11 heavy (non-hydrogen) atoms. The molecule has 0 atom stereocenters. The third-order valence-corrected chi connectivity index (χ3v) is 1.53. The second-order valence-electron chi connectivity index (χ2n) is 2.30. The van der Waals surface area contributed by atoms with Gasteiger partial charge in [0.25, 0.3) is 0 Å². The van der Waals surface area contributed by atoms with Gasteiger partial charge in [0.15, 0.2) is 0 Å². The highest BCUT2D eigenvalue weighted by atomic mass is 15.1. The molecule has 0 radical (unpaired) electrons. The topological polar surface area (TPSA) is 3.24 Å². The van der Waals surface area contributed by atoms with Crippen molar-refractivity contribution in [2.24, 2.45) is 0 Å². The molecule has 1 rings (SSSR count). The van der Waals surface area contributed by atoms with E-state index in [2.05, 4.69) is 17.1 Å². The van der Waals surface area contributed by atoms with Crippen molar-refractivity contribution < 1.29 is 0 Å². The third-order valence-electron chi connectivity index (χ3n) is 1.53. The molecule has 0 aromatic rings. The second-order valence-corrected chi connectivity index (χ2v) is 2.30. The molecule has 0 aliphatic carbocycles. The van der Waals surface area contributed by atoms with Gasteiger partial charge in [0.05, 0.1) is 0 Å². The molecule has 1 aliphatic rings. The number of rotatable bonds is 1. The highest BCUT2D eigenvalue weighted by molar-refractivity contribution is 5.29. The zero-order chi connectivity index (χ0) is 8.10. The van der Waals surface area contributed by atoms with Crippen LogP contribution in [0.5, 0.6) is 0 Å². The number of allylic oxidation sites excluding steroid dienone is 5. The van der Waals surface area contributed by atoms with Crippen LogP contribution < -0.4 is 0 Å². The summed E-state index contributed by atoms with van der Waals surface area (Å²) in [5, 5.41) is 0. The first-order valence-electron chi connectivity index (χ1n) is 3.81. The summed E-state index contributed by atoms with van der Waals surface area (Å²) in [4.78, 5) is 2.08. The Labute approximate surface area is 68.0 Å². The average Bonchev–Trinajstić information content (AvgIpc) is 2.06. The molecular weight excluding hydrogens is 134 g/mol. The lowest BCUT2D eigenvalue weighted by atomic mass is 10.3. The summed E-state index contributed by atoms with van der Waals surface area (Å²) >= 11 is 0. The maximum atomic E-state index is 2.08. The standard InChI is InChI=1S/C10H13N/c1-3-8-11-9-6-5-7-10(11)4-2/h3-9H,1-2H3. The molecule has 0 aromatic carbocycles. The van der Waals surface area contributed by atoms with Gasteiger partial charge in [-0.3, -0.25) is 0 Å². The van der Waals surface area contributed by atoms with Crippen LogP contribution in [0, 0.1) is 0 Å². The van der Waals surface area contributed by atoms with Crippen molar-refractivity contribution in [3.8, 4) is 0 Å². The monoisotopic (exact) mass is 147 g/mol. The Morgan fingerprint density at radius 3 is 2.73 bits per heavy atom. The van der Waals surface area contributed by atoms with Crippen LogP contribution >= 0.6 is 0 Å². The minimum atomic E-state index is 1.21. The van der Waals surface area contributed by atoms with E-state index in [1.165, 1.54) is 5.70 Å². The Morgan fingerprint density at radius 2 is 2.09 bits per heavy atom. The number of nitrogens with zero attached hydrogens (tertiary/aromatic N) is 1. The first kappa shape index (κ1) is 7.86. The fourth-order valence-electron chi connectivity index (χ4n) is 1.01. The summed E-state index contributed by atoms with van der Waals surface area (Å²) in [6, 6.07) is 0. The molecule has 0 unspecified atom stereocenters. The molecule has 0 amide bonds. The summed E-state index contributed by atoms with van der Waals surface area (Å²) in [7, 11) is 0. The third kappa shape index (κ3) is 1.84. The highest BCUT2D eigenvalue weighted by Gasteiger charge is 1.99. The van der Waals surface area contributed by atoms with Gasteiger partial charge in [-0.05, 0) is 26.0 Å². The van der Waals surface area contributed by atoms with Gasteiger partial charge in [0, 0.05) is 18.1 Å². The summed E-state index contributed by atoms with van der Waals surface area (Å²) in [5.74, 6) is 0. The molecule has 0 N–H and O–H groups in total. The fourth-order valence-corrected chi connectivity index (χ4v) is 1.01. The molecule has 1 nitrogen and oxygen atoms in total. The summed E-state index contributed by atoms with van der Waals surface area (Å²) in [5.41, 5.74) is 1.21. The highest BCUT2D eigenvalue weighted by Crippen LogP contribution is 2.11. The Morgan fingerprint density at radius 1 is 1.27 bits per heavy atom. The zero-order valence-corrected chi connectivity index (χ0v) is 6.99. The van der Waals surface area contributed by atoms with Crippen molar-refractivity contribution in [3.63, 3.8) is 0 Å². The summed E-state index contributed by atoms with van der Waals surface area (Å²) in [6.45, 7) is 4.05. The van der Waals surface area contributed by atoms with Crippen molar-refractivity contribution in [2.75, 3.05) is 0 Å². The minimum absolute atomic E-state index is 1.21. The Balaban J connectivity index is 2.79. The molecule has 0 saturated heterocycles. The predicted octanol–water partition coefficient (Wildman–Crippen LogP) is 2.81. The minimum Gasteiger partial charge on any atom is -0.325 e. The van der Waals surface area contributed by atoms with Crippen molar-refractivity contribution in [1.82, 2.24) is 4.90 Å². The van der Waals surface area contributed by atoms with E-state index in [0.717, 1.165) is 0 Å². The van der Waals surface area contributed by atoms with E-state index < -0.39 is 0 Å². The Bertz CT molecular complexity index is 231. The summed E-state index contributed by atoms with van der Waals surface area (Å²) < 4.78 is 0. The van der Waals surface area contributed by atoms with Gasteiger partial charge in [0.1, 0.15) is 0 Å². The van der Waals surface area contributed by atoms with Crippen molar-refractivity contribution >= 4 is 0 Å². The zero-order valence-electron chi connectivity index (χ0n) is 6.99. The lowest BCUT2D eigenvalue weighted by Crippen LogP contribution is -2.08. The molecule has 0 saturated carbocycles. The van der Waals surface area contributed by atoms with Gasteiger partial charge in [-0.1, -0.05) is 18.2 Å². The van der Waals surface area contributed by atoms with Gasteiger partial charge < -0.3 is 4.90 Å². The molecule has 58 valence electrons. The first-order chi connectivity index (χ1) is 5.38. The van der Waals surface area contributed by atoms with E-state index in [9.17, 15) is 0 Å². The molecule has 0 fully saturated rings. The van der Waals surface area contributed by atoms with Crippen molar-refractivity contribution in [3.05, 3.63) is 48.5 Å². The predicted molar refractivity (Wildman–Crippen MR) is 48.7 cm³/mol. The smallest absolute Gasteiger partial charge is 0.0406 e.